The Morgan fingerprint density at radius 2 is 0.600 bits per heavy atom. The van der Waals surface area contributed by atoms with Crippen molar-refractivity contribution in [3.05, 3.63) is 0 Å². The maximum absolute atomic E-state index is 8.35. The molecule has 0 atom stereocenters. The van der Waals surface area contributed by atoms with E-state index in [2.05, 4.69) is 0 Å². The second-order valence-corrected chi connectivity index (χ2v) is 0.224. The van der Waals surface area contributed by atoms with Crippen molar-refractivity contribution < 1.29 is 56.2 Å². The molecule has 0 bridgehead atoms. The Kier molecular flexibility index (Phi) is 7560. The third-order valence-electron chi connectivity index (χ3n) is 0. The maximum Gasteiger partial charge on any atom is 1.00 e. The van der Waals surface area contributed by atoms with Crippen LogP contribution in [0.4, 0.5) is 0 Å². The fourth-order valence-corrected chi connectivity index (χ4v) is 0. The molecule has 0 unspecified atom stereocenters. The average Bonchev–Trinajstić information content (AvgIpc) is 0.918. The van der Waals surface area contributed by atoms with Gasteiger partial charge in [-0.05, 0) is 0 Å². The Labute approximate surface area is 65.4 Å². The second kappa shape index (κ2) is 425. The molecule has 0 N–H and O–H groups in total. The Bertz CT molecular complexity index is 36.7. The topological polar surface area (TPSA) is 34.1 Å². The molecule has 0 aliphatic carbocycles. The SMILES string of the molecule is O=[P+]=O.[F-].[F-].[F-].[F-].[F-].[F-].[Li+]. The van der Waals surface area contributed by atoms with Crippen LogP contribution in [-0.4, -0.2) is 0 Å². The van der Waals surface area contributed by atoms with Crippen LogP contribution >= 0.6 is 8.34 Å². The van der Waals surface area contributed by atoms with Gasteiger partial charge in [-0.2, -0.15) is 0 Å². The van der Waals surface area contributed by atoms with Crippen molar-refractivity contribution in [3.63, 3.8) is 0 Å². The molecule has 0 heterocycles. The largest absolute Gasteiger partial charge is 1.00 e. The molecule has 10 heteroatoms. The van der Waals surface area contributed by atoms with Crippen molar-refractivity contribution >= 4 is 8.34 Å². The molecule has 64 valence electrons. The molecule has 0 saturated heterocycles. The summed E-state index contributed by atoms with van der Waals surface area (Å²) >= 11 is 0. The van der Waals surface area contributed by atoms with Crippen LogP contribution in [0.1, 0.15) is 0 Å². The van der Waals surface area contributed by atoms with Crippen LogP contribution in [0.3, 0.4) is 0 Å². The van der Waals surface area contributed by atoms with Crippen LogP contribution in [0.2, 0.25) is 0 Å². The summed E-state index contributed by atoms with van der Waals surface area (Å²) in [5.74, 6) is 0. The first-order valence-electron chi connectivity index (χ1n) is 0.365. The molecule has 0 fully saturated rings. The van der Waals surface area contributed by atoms with Crippen LogP contribution in [-0.2, 0) is 9.13 Å². The Morgan fingerprint density at radius 3 is 0.600 bits per heavy atom. The van der Waals surface area contributed by atoms with Crippen molar-refractivity contribution in [2.24, 2.45) is 0 Å². The summed E-state index contributed by atoms with van der Waals surface area (Å²) in [6, 6.07) is 0. The summed E-state index contributed by atoms with van der Waals surface area (Å²) in [4.78, 5) is 0. The maximum atomic E-state index is 8.35. The molecule has 0 rings (SSSR count). The van der Waals surface area contributed by atoms with Crippen molar-refractivity contribution in [1.82, 2.24) is 0 Å². The van der Waals surface area contributed by atoms with Crippen LogP contribution in [0.15, 0.2) is 0 Å². The molecular formula is F6LiO2P-4. The van der Waals surface area contributed by atoms with E-state index in [1.807, 2.05) is 0 Å². The second-order valence-electron chi connectivity index (χ2n) is 0.0745. The van der Waals surface area contributed by atoms with Gasteiger partial charge >= 0.3 is 36.3 Å². The predicted octanol–water partition coefficient (Wildman–Crippen LogP) is -20.3. The van der Waals surface area contributed by atoms with E-state index >= 15 is 0 Å². The molecule has 2 nitrogen and oxygen atoms in total. The van der Waals surface area contributed by atoms with Gasteiger partial charge in [-0.15, -0.1) is 0 Å². The van der Waals surface area contributed by atoms with E-state index < -0.39 is 8.34 Å². The quantitative estimate of drug-likeness (QED) is 0.213. The van der Waals surface area contributed by atoms with Gasteiger partial charge in [0, 0.05) is 0 Å². The Balaban J connectivity index is -0.000000000952. The van der Waals surface area contributed by atoms with E-state index in [0.29, 0.717) is 0 Å². The van der Waals surface area contributed by atoms with Crippen LogP contribution in [0, 0.1) is 0 Å². The first-order chi connectivity index (χ1) is 1.41. The van der Waals surface area contributed by atoms with E-state index in [-0.39, 0.29) is 47.1 Å². The van der Waals surface area contributed by atoms with Gasteiger partial charge in [0.05, 0.1) is 0 Å². The molecular weight excluding hydrogens is 184 g/mol. The molecule has 0 aliphatic heterocycles. The van der Waals surface area contributed by atoms with Crippen LogP contribution in [0.25, 0.3) is 0 Å². The van der Waals surface area contributed by atoms with Gasteiger partial charge in [-0.25, -0.2) is 0 Å². The monoisotopic (exact) mass is 184 g/mol. The zero-order valence-corrected chi connectivity index (χ0v) is 5.43. The summed E-state index contributed by atoms with van der Waals surface area (Å²) < 4.78 is 16.7. The number of halogens is 6. The molecule has 0 saturated carbocycles. The fourth-order valence-electron chi connectivity index (χ4n) is 0. The summed E-state index contributed by atoms with van der Waals surface area (Å²) in [5, 5.41) is 0. The van der Waals surface area contributed by atoms with Crippen LogP contribution < -0.4 is 47.1 Å². The van der Waals surface area contributed by atoms with Crippen molar-refractivity contribution in [3.8, 4) is 0 Å². The average molecular weight is 184 g/mol. The first-order valence-corrected chi connectivity index (χ1v) is 1.10. The standard InChI is InChI=1S/6FH.Li.O2P/c;;;;;;;1-3-2/h6*1H;;/q;;;;;;2*+1/p-6. The molecule has 0 spiro atoms. The van der Waals surface area contributed by atoms with E-state index in [4.69, 9.17) is 9.13 Å². The van der Waals surface area contributed by atoms with Gasteiger partial charge in [0.2, 0.25) is 0 Å². The van der Waals surface area contributed by atoms with Gasteiger partial charge in [0.25, 0.3) is 0 Å². The molecule has 10 heavy (non-hydrogen) atoms. The summed E-state index contributed by atoms with van der Waals surface area (Å²) in [6.07, 6.45) is 0. The van der Waals surface area contributed by atoms with Gasteiger partial charge in [-0.1, -0.05) is 0 Å². The number of rotatable bonds is 0. The predicted molar refractivity (Wildman–Crippen MR) is 8.29 cm³/mol. The smallest absolute Gasteiger partial charge is 1.00 e. The zero-order valence-electron chi connectivity index (χ0n) is 4.53. The number of hydrogen-bond donors (Lipinski definition) is 0. The van der Waals surface area contributed by atoms with E-state index in [9.17, 15) is 0 Å². The van der Waals surface area contributed by atoms with Gasteiger partial charge in [0.15, 0.2) is 0 Å². The minimum Gasteiger partial charge on any atom is -1.00 e. The summed E-state index contributed by atoms with van der Waals surface area (Å²) in [5.41, 5.74) is 0. The third kappa shape index (κ3) is 9910. The normalized spacial score (nSPS) is 0.800. The summed E-state index contributed by atoms with van der Waals surface area (Å²) in [7, 11) is -1.08. The Hall–Kier alpha value is 0.207. The molecule has 0 aliphatic rings. The summed E-state index contributed by atoms with van der Waals surface area (Å²) in [6.45, 7) is 0. The zero-order chi connectivity index (χ0) is 2.71. The van der Waals surface area contributed by atoms with E-state index in [1.54, 1.807) is 0 Å². The molecule has 0 aromatic carbocycles. The van der Waals surface area contributed by atoms with E-state index in [0.717, 1.165) is 0 Å². The Morgan fingerprint density at radius 1 is 0.600 bits per heavy atom. The molecule has 0 aromatic heterocycles. The van der Waals surface area contributed by atoms with Gasteiger partial charge in [0.1, 0.15) is 0 Å². The van der Waals surface area contributed by atoms with Crippen molar-refractivity contribution in [1.29, 1.82) is 0 Å². The fraction of sp³-hybridized carbons (Fsp3) is 0. The molecule has 0 aromatic rings. The van der Waals surface area contributed by atoms with Gasteiger partial charge in [-0.3, -0.25) is 0 Å². The minimum atomic E-state index is -1.08. The van der Waals surface area contributed by atoms with Gasteiger partial charge < -0.3 is 28.2 Å². The van der Waals surface area contributed by atoms with Crippen molar-refractivity contribution in [2.75, 3.05) is 0 Å². The molecule has 0 radical (unpaired) electrons. The van der Waals surface area contributed by atoms with Crippen molar-refractivity contribution in [2.45, 2.75) is 0 Å². The minimum absolute atomic E-state index is 0. The first kappa shape index (κ1) is 178. The van der Waals surface area contributed by atoms with E-state index in [1.165, 1.54) is 0 Å². The van der Waals surface area contributed by atoms with Crippen LogP contribution in [0.5, 0.6) is 0 Å². The molecule has 0 amide bonds. The number of hydrogen-bond acceptors (Lipinski definition) is 2. The third-order valence-corrected chi connectivity index (χ3v) is 0.